The zero-order valence-corrected chi connectivity index (χ0v) is 6.70. The maximum absolute atomic E-state index is 12.6. The maximum atomic E-state index is 12.6. The van der Waals surface area contributed by atoms with Gasteiger partial charge in [0.15, 0.2) is 17.5 Å². The minimum absolute atomic E-state index is 0.140. The highest BCUT2D eigenvalue weighted by molar-refractivity contribution is 5.91. The van der Waals surface area contributed by atoms with Crippen LogP contribution in [-0.4, -0.2) is 13.0 Å². The number of benzene rings is 1. The van der Waals surface area contributed by atoms with E-state index in [2.05, 4.69) is 4.74 Å². The molecule has 0 aliphatic carbocycles. The van der Waals surface area contributed by atoms with Crippen LogP contribution in [-0.2, 0) is 4.74 Å². The lowest BCUT2D eigenvalue weighted by molar-refractivity contribution is 0.398. The van der Waals surface area contributed by atoms with E-state index in [1.165, 1.54) is 7.11 Å². The highest BCUT2D eigenvalue weighted by Crippen LogP contribution is 2.13. The van der Waals surface area contributed by atoms with Crippen LogP contribution in [0.4, 0.5) is 13.2 Å². The fourth-order valence-electron chi connectivity index (χ4n) is 0.804. The zero-order valence-electron chi connectivity index (χ0n) is 6.70. The lowest BCUT2D eigenvalue weighted by atomic mass is 10.2. The minimum atomic E-state index is -1.55. The summed E-state index contributed by atoms with van der Waals surface area (Å²) < 4.78 is 42.0. The van der Waals surface area contributed by atoms with Gasteiger partial charge in [-0.2, -0.15) is 0 Å². The van der Waals surface area contributed by atoms with Crippen LogP contribution in [0.5, 0.6) is 0 Å². The summed E-state index contributed by atoms with van der Waals surface area (Å²) in [5.74, 6) is -4.64. The number of ether oxygens (including phenoxy) is 1. The summed E-state index contributed by atoms with van der Waals surface area (Å²) in [5.41, 5.74) is -0.140. The first-order valence-electron chi connectivity index (χ1n) is 3.33. The predicted molar refractivity (Wildman–Crippen MR) is 40.2 cm³/mol. The van der Waals surface area contributed by atoms with Crippen molar-refractivity contribution in [2.24, 2.45) is 0 Å². The molecule has 1 aromatic rings. The first kappa shape index (κ1) is 9.57. The van der Waals surface area contributed by atoms with E-state index in [0.717, 1.165) is 0 Å². The number of nitrogens with one attached hydrogen (secondary N) is 1. The second-order valence-corrected chi connectivity index (χ2v) is 2.29. The molecule has 0 bridgehead atoms. The van der Waals surface area contributed by atoms with Crippen LogP contribution in [0, 0.1) is 22.9 Å². The molecule has 0 radical (unpaired) electrons. The molecule has 0 heterocycles. The van der Waals surface area contributed by atoms with Crippen LogP contribution in [0.1, 0.15) is 5.56 Å². The fourth-order valence-corrected chi connectivity index (χ4v) is 0.804. The van der Waals surface area contributed by atoms with Gasteiger partial charge in [0.1, 0.15) is 0 Å². The average Bonchev–Trinajstić information content (AvgIpc) is 2.12. The number of methoxy groups -OCH3 is 1. The normalized spacial score (nSPS) is 9.85. The highest BCUT2D eigenvalue weighted by Gasteiger charge is 2.12. The second kappa shape index (κ2) is 3.47. The maximum Gasteiger partial charge on any atom is 0.213 e. The molecule has 1 N–H and O–H groups in total. The third-order valence-corrected chi connectivity index (χ3v) is 1.45. The molecule has 13 heavy (non-hydrogen) atoms. The third kappa shape index (κ3) is 1.80. The summed E-state index contributed by atoms with van der Waals surface area (Å²) in [6.07, 6.45) is 0. The van der Waals surface area contributed by atoms with Crippen molar-refractivity contribution in [1.82, 2.24) is 0 Å². The van der Waals surface area contributed by atoms with Gasteiger partial charge >= 0.3 is 0 Å². The van der Waals surface area contributed by atoms with Gasteiger partial charge in [0.05, 0.1) is 7.11 Å². The van der Waals surface area contributed by atoms with Gasteiger partial charge in [-0.15, -0.1) is 0 Å². The predicted octanol–water partition coefficient (Wildman–Crippen LogP) is 2.08. The van der Waals surface area contributed by atoms with E-state index in [-0.39, 0.29) is 5.56 Å². The second-order valence-electron chi connectivity index (χ2n) is 2.29. The van der Waals surface area contributed by atoms with E-state index in [1.54, 1.807) is 0 Å². The molecule has 2 nitrogen and oxygen atoms in total. The van der Waals surface area contributed by atoms with Crippen molar-refractivity contribution >= 4 is 5.90 Å². The molecular formula is C8H6F3NO. The van der Waals surface area contributed by atoms with Crippen LogP contribution in [0.2, 0.25) is 0 Å². The highest BCUT2D eigenvalue weighted by atomic mass is 19.2. The van der Waals surface area contributed by atoms with Gasteiger partial charge < -0.3 is 4.74 Å². The molecule has 70 valence electrons. The van der Waals surface area contributed by atoms with Gasteiger partial charge in [-0.3, -0.25) is 5.41 Å². The van der Waals surface area contributed by atoms with E-state index >= 15 is 0 Å². The molecular weight excluding hydrogens is 183 g/mol. The van der Waals surface area contributed by atoms with Crippen molar-refractivity contribution in [2.75, 3.05) is 7.11 Å². The average molecular weight is 189 g/mol. The summed E-state index contributed by atoms with van der Waals surface area (Å²) in [6.45, 7) is 0. The molecule has 0 aliphatic heterocycles. The molecule has 1 rings (SSSR count). The van der Waals surface area contributed by atoms with Gasteiger partial charge in [-0.25, -0.2) is 13.2 Å². The van der Waals surface area contributed by atoms with Gasteiger partial charge in [0.2, 0.25) is 5.90 Å². The Labute approximate surface area is 72.5 Å². The molecule has 0 aliphatic rings. The number of hydrogen-bond acceptors (Lipinski definition) is 2. The van der Waals surface area contributed by atoms with Crippen molar-refractivity contribution in [3.8, 4) is 0 Å². The first-order valence-corrected chi connectivity index (χ1v) is 3.33. The molecule has 5 heteroatoms. The quantitative estimate of drug-likeness (QED) is 0.409. The van der Waals surface area contributed by atoms with Crippen molar-refractivity contribution in [2.45, 2.75) is 0 Å². The summed E-state index contributed by atoms with van der Waals surface area (Å²) >= 11 is 0. The lowest BCUT2D eigenvalue weighted by Crippen LogP contribution is -2.04. The Hall–Kier alpha value is -1.52. The Balaban J connectivity index is 3.20. The van der Waals surface area contributed by atoms with E-state index in [9.17, 15) is 13.2 Å². The molecule has 0 atom stereocenters. The fraction of sp³-hybridized carbons (Fsp3) is 0.125. The van der Waals surface area contributed by atoms with Crippen LogP contribution < -0.4 is 0 Å². The summed E-state index contributed by atoms with van der Waals surface area (Å²) in [7, 11) is 1.18. The Morgan fingerprint density at radius 1 is 1.23 bits per heavy atom. The molecule has 0 saturated heterocycles. The van der Waals surface area contributed by atoms with Crippen molar-refractivity contribution in [3.63, 3.8) is 0 Å². The standard InChI is InChI=1S/C8H6F3NO/c1-13-8(12)4-2-5(9)7(11)6(10)3-4/h2-3,12H,1H3. The Morgan fingerprint density at radius 2 is 1.69 bits per heavy atom. The summed E-state index contributed by atoms with van der Waals surface area (Å²) in [6, 6.07) is 1.40. The smallest absolute Gasteiger partial charge is 0.213 e. The topological polar surface area (TPSA) is 33.1 Å². The number of rotatable bonds is 1. The third-order valence-electron chi connectivity index (χ3n) is 1.45. The number of halogens is 3. The van der Waals surface area contributed by atoms with E-state index in [1.807, 2.05) is 0 Å². The molecule has 0 fully saturated rings. The molecule has 0 aromatic heterocycles. The molecule has 0 spiro atoms. The first-order chi connectivity index (χ1) is 6.06. The van der Waals surface area contributed by atoms with Crippen LogP contribution >= 0.6 is 0 Å². The van der Waals surface area contributed by atoms with Gasteiger partial charge in [-0.1, -0.05) is 0 Å². The molecule has 0 saturated carbocycles. The van der Waals surface area contributed by atoms with Crippen molar-refractivity contribution in [3.05, 3.63) is 35.1 Å². The summed E-state index contributed by atoms with van der Waals surface area (Å²) in [5, 5.41) is 7.06. The Morgan fingerprint density at radius 3 is 2.08 bits per heavy atom. The Bertz CT molecular complexity index is 328. The van der Waals surface area contributed by atoms with Gasteiger partial charge in [-0.05, 0) is 12.1 Å². The van der Waals surface area contributed by atoms with Crippen molar-refractivity contribution in [1.29, 1.82) is 5.41 Å². The molecule has 1 aromatic carbocycles. The molecule has 0 amide bonds. The van der Waals surface area contributed by atoms with Crippen LogP contribution in [0.15, 0.2) is 12.1 Å². The number of hydrogen-bond donors (Lipinski definition) is 1. The summed E-state index contributed by atoms with van der Waals surface area (Å²) in [4.78, 5) is 0. The van der Waals surface area contributed by atoms with Crippen molar-refractivity contribution < 1.29 is 17.9 Å². The lowest BCUT2D eigenvalue weighted by Gasteiger charge is -2.03. The Kier molecular flexibility index (Phi) is 2.55. The molecule has 0 unspecified atom stereocenters. The van der Waals surface area contributed by atoms with Crippen LogP contribution in [0.3, 0.4) is 0 Å². The van der Waals surface area contributed by atoms with E-state index in [4.69, 9.17) is 5.41 Å². The van der Waals surface area contributed by atoms with E-state index in [0.29, 0.717) is 12.1 Å². The van der Waals surface area contributed by atoms with Gasteiger partial charge in [0, 0.05) is 5.56 Å². The zero-order chi connectivity index (χ0) is 10.0. The monoisotopic (exact) mass is 189 g/mol. The van der Waals surface area contributed by atoms with Crippen LogP contribution in [0.25, 0.3) is 0 Å². The largest absolute Gasteiger partial charge is 0.481 e. The SMILES string of the molecule is COC(=N)c1cc(F)c(F)c(F)c1. The minimum Gasteiger partial charge on any atom is -0.481 e. The van der Waals surface area contributed by atoms with Gasteiger partial charge in [0.25, 0.3) is 0 Å². The van der Waals surface area contributed by atoms with E-state index < -0.39 is 23.3 Å².